The van der Waals surface area contributed by atoms with Crippen molar-refractivity contribution in [3.63, 3.8) is 0 Å². The molecular formula is C17H28N2O2. The van der Waals surface area contributed by atoms with Gasteiger partial charge in [-0.25, -0.2) is 0 Å². The highest BCUT2D eigenvalue weighted by atomic mass is 16.5. The van der Waals surface area contributed by atoms with Gasteiger partial charge >= 0.3 is 0 Å². The molecule has 2 rings (SSSR count). The highest BCUT2D eigenvalue weighted by molar-refractivity contribution is 5.51. The molecule has 0 spiro atoms. The zero-order valence-electron chi connectivity index (χ0n) is 13.4. The van der Waals surface area contributed by atoms with Gasteiger partial charge in [0.25, 0.3) is 0 Å². The van der Waals surface area contributed by atoms with E-state index in [0.29, 0.717) is 18.6 Å². The topological polar surface area (TPSA) is 56.5 Å². The molecule has 0 amide bonds. The number of hydrogen-bond donors (Lipinski definition) is 2. The molecule has 3 N–H and O–H groups in total. The smallest absolute Gasteiger partial charge is 0.124 e. The van der Waals surface area contributed by atoms with E-state index in [0.717, 1.165) is 43.6 Å². The minimum Gasteiger partial charge on any atom is -0.496 e. The van der Waals surface area contributed by atoms with Gasteiger partial charge in [-0.3, -0.25) is 0 Å². The van der Waals surface area contributed by atoms with Crippen LogP contribution in [0, 0.1) is 0 Å². The van der Waals surface area contributed by atoms with Gasteiger partial charge in [0.15, 0.2) is 0 Å². The molecule has 21 heavy (non-hydrogen) atoms. The third kappa shape index (κ3) is 3.50. The van der Waals surface area contributed by atoms with Gasteiger partial charge in [-0.05, 0) is 37.8 Å². The number of rotatable bonds is 7. The van der Waals surface area contributed by atoms with Crippen molar-refractivity contribution in [1.82, 2.24) is 5.32 Å². The van der Waals surface area contributed by atoms with Gasteiger partial charge in [0, 0.05) is 29.8 Å². The van der Waals surface area contributed by atoms with E-state index in [9.17, 15) is 0 Å². The molecule has 1 aromatic rings. The van der Waals surface area contributed by atoms with Crippen molar-refractivity contribution in [3.8, 4) is 11.5 Å². The first-order valence-electron chi connectivity index (χ1n) is 7.95. The Morgan fingerprint density at radius 3 is 2.62 bits per heavy atom. The van der Waals surface area contributed by atoms with E-state index in [2.05, 4.69) is 12.2 Å². The lowest BCUT2D eigenvalue weighted by Gasteiger charge is -2.32. The summed E-state index contributed by atoms with van der Waals surface area (Å²) >= 11 is 0. The van der Waals surface area contributed by atoms with Crippen molar-refractivity contribution in [3.05, 3.63) is 23.3 Å². The van der Waals surface area contributed by atoms with Crippen molar-refractivity contribution in [2.75, 3.05) is 20.8 Å². The zero-order chi connectivity index (χ0) is 15.2. The van der Waals surface area contributed by atoms with Gasteiger partial charge < -0.3 is 20.5 Å². The number of hydrogen-bond acceptors (Lipinski definition) is 4. The van der Waals surface area contributed by atoms with Crippen molar-refractivity contribution in [2.24, 2.45) is 5.73 Å². The molecule has 0 aliphatic heterocycles. The molecule has 1 aliphatic rings. The van der Waals surface area contributed by atoms with Gasteiger partial charge in [0.05, 0.1) is 14.2 Å². The molecule has 4 nitrogen and oxygen atoms in total. The van der Waals surface area contributed by atoms with Crippen molar-refractivity contribution in [2.45, 2.75) is 51.1 Å². The Balaban J connectivity index is 2.32. The molecule has 0 radical (unpaired) electrons. The molecule has 118 valence electrons. The first-order valence-corrected chi connectivity index (χ1v) is 7.95. The maximum absolute atomic E-state index is 5.90. The predicted octanol–water partition coefficient (Wildman–Crippen LogP) is 2.80. The van der Waals surface area contributed by atoms with Crippen LogP contribution in [-0.2, 0) is 6.42 Å². The van der Waals surface area contributed by atoms with Crippen molar-refractivity contribution < 1.29 is 9.47 Å². The summed E-state index contributed by atoms with van der Waals surface area (Å²) in [6, 6.07) is 4.68. The molecule has 0 saturated heterocycles. The van der Waals surface area contributed by atoms with Crippen LogP contribution in [-0.4, -0.2) is 26.8 Å². The Morgan fingerprint density at radius 2 is 2.00 bits per heavy atom. The van der Waals surface area contributed by atoms with Crippen LogP contribution in [0.2, 0.25) is 0 Å². The lowest BCUT2D eigenvalue weighted by molar-refractivity contribution is 0.345. The number of nitrogens with one attached hydrogen (secondary N) is 1. The van der Waals surface area contributed by atoms with E-state index in [1.807, 2.05) is 12.1 Å². The second-order valence-electron chi connectivity index (χ2n) is 5.70. The second kappa shape index (κ2) is 7.66. The van der Waals surface area contributed by atoms with Gasteiger partial charge in [-0.15, -0.1) is 0 Å². The fraction of sp³-hybridized carbons (Fsp3) is 0.647. The number of methoxy groups -OCH3 is 2. The van der Waals surface area contributed by atoms with Crippen LogP contribution in [0.3, 0.4) is 0 Å². The Morgan fingerprint density at radius 1 is 1.29 bits per heavy atom. The Bertz CT molecular complexity index is 462. The second-order valence-corrected chi connectivity index (χ2v) is 5.70. The molecule has 0 bridgehead atoms. The molecule has 1 aliphatic carbocycles. The molecule has 0 heterocycles. The van der Waals surface area contributed by atoms with Gasteiger partial charge in [0.1, 0.15) is 11.5 Å². The SMILES string of the molecule is CCCC(CN)NC1CCCc2c(OC)ccc(OC)c21. The van der Waals surface area contributed by atoms with Crippen LogP contribution in [0.25, 0.3) is 0 Å². The average molecular weight is 292 g/mol. The summed E-state index contributed by atoms with van der Waals surface area (Å²) in [4.78, 5) is 0. The Hall–Kier alpha value is -1.26. The maximum atomic E-state index is 5.90. The number of ether oxygens (including phenoxy) is 2. The zero-order valence-corrected chi connectivity index (χ0v) is 13.4. The third-order valence-corrected chi connectivity index (χ3v) is 4.34. The highest BCUT2D eigenvalue weighted by Crippen LogP contribution is 2.41. The van der Waals surface area contributed by atoms with E-state index in [4.69, 9.17) is 15.2 Å². The molecular weight excluding hydrogens is 264 g/mol. The first-order chi connectivity index (χ1) is 10.2. The normalized spacial score (nSPS) is 19.0. The number of fused-ring (bicyclic) bond motifs is 1. The standard InChI is InChI=1S/C17H28N2O2/c1-4-6-12(11-18)19-14-8-5-7-13-15(20-2)9-10-16(21-3)17(13)14/h9-10,12,14,19H,4-8,11,18H2,1-3H3. The largest absolute Gasteiger partial charge is 0.496 e. The molecule has 1 aromatic carbocycles. The summed E-state index contributed by atoms with van der Waals surface area (Å²) in [7, 11) is 3.47. The summed E-state index contributed by atoms with van der Waals surface area (Å²) in [5.74, 6) is 1.92. The van der Waals surface area contributed by atoms with E-state index >= 15 is 0 Å². The quantitative estimate of drug-likeness (QED) is 0.811. The van der Waals surface area contributed by atoms with Crippen LogP contribution in [0.4, 0.5) is 0 Å². The van der Waals surface area contributed by atoms with E-state index < -0.39 is 0 Å². The molecule has 2 atom stereocenters. The van der Waals surface area contributed by atoms with Gasteiger partial charge in [-0.1, -0.05) is 13.3 Å². The van der Waals surface area contributed by atoms with Crippen LogP contribution in [0.15, 0.2) is 12.1 Å². The molecule has 4 heteroatoms. The van der Waals surface area contributed by atoms with Crippen molar-refractivity contribution in [1.29, 1.82) is 0 Å². The summed E-state index contributed by atoms with van der Waals surface area (Å²) in [6.07, 6.45) is 5.58. The predicted molar refractivity (Wildman–Crippen MR) is 86.1 cm³/mol. The Kier molecular flexibility index (Phi) is 5.88. The van der Waals surface area contributed by atoms with Crippen LogP contribution in [0.1, 0.15) is 49.8 Å². The monoisotopic (exact) mass is 292 g/mol. The van der Waals surface area contributed by atoms with Crippen LogP contribution < -0.4 is 20.5 Å². The van der Waals surface area contributed by atoms with E-state index in [1.165, 1.54) is 11.1 Å². The molecule has 0 saturated carbocycles. The summed E-state index contributed by atoms with van der Waals surface area (Å²) in [5, 5.41) is 3.73. The van der Waals surface area contributed by atoms with Gasteiger partial charge in [-0.2, -0.15) is 0 Å². The fourth-order valence-corrected chi connectivity index (χ4v) is 3.33. The maximum Gasteiger partial charge on any atom is 0.124 e. The molecule has 0 aromatic heterocycles. The fourth-order valence-electron chi connectivity index (χ4n) is 3.33. The first kappa shape index (κ1) is 16.1. The minimum absolute atomic E-state index is 0.305. The summed E-state index contributed by atoms with van der Waals surface area (Å²) < 4.78 is 11.1. The van der Waals surface area contributed by atoms with Gasteiger partial charge in [0.2, 0.25) is 0 Å². The molecule has 0 fully saturated rings. The lowest BCUT2D eigenvalue weighted by atomic mass is 9.85. The number of nitrogens with two attached hydrogens (primary N) is 1. The highest BCUT2D eigenvalue weighted by Gasteiger charge is 2.27. The minimum atomic E-state index is 0.305. The average Bonchev–Trinajstić information content (AvgIpc) is 2.53. The van der Waals surface area contributed by atoms with E-state index in [-0.39, 0.29) is 0 Å². The van der Waals surface area contributed by atoms with E-state index in [1.54, 1.807) is 14.2 Å². The Labute approximate surface area is 128 Å². The van der Waals surface area contributed by atoms with Crippen LogP contribution >= 0.6 is 0 Å². The summed E-state index contributed by atoms with van der Waals surface area (Å²) in [6.45, 7) is 2.87. The molecule has 2 unspecified atom stereocenters. The van der Waals surface area contributed by atoms with Crippen molar-refractivity contribution >= 4 is 0 Å². The lowest BCUT2D eigenvalue weighted by Crippen LogP contribution is -2.39. The third-order valence-electron chi connectivity index (χ3n) is 4.34. The summed E-state index contributed by atoms with van der Waals surface area (Å²) in [5.41, 5.74) is 8.45. The number of benzene rings is 1. The van der Waals surface area contributed by atoms with Crippen LogP contribution in [0.5, 0.6) is 11.5 Å².